The van der Waals surface area contributed by atoms with E-state index in [1.807, 2.05) is 29.2 Å². The Hall–Kier alpha value is -4.26. The van der Waals surface area contributed by atoms with Gasteiger partial charge in [0.2, 0.25) is 0 Å². The van der Waals surface area contributed by atoms with Crippen LogP contribution in [0.5, 0.6) is 0 Å². The average molecular weight is 551 g/mol. The summed E-state index contributed by atoms with van der Waals surface area (Å²) in [5, 5.41) is 5.34. The van der Waals surface area contributed by atoms with Crippen molar-refractivity contribution in [2.24, 2.45) is 0 Å². The highest BCUT2D eigenvalue weighted by Gasteiger charge is 2.30. The van der Waals surface area contributed by atoms with Crippen LogP contribution in [0.15, 0.2) is 115 Å². The SMILES string of the molecule is O=C(c1cc(-c2ccc(F)cc2)nn1-c1ccc(Cl)cc1)N1CCN(C(c2ccccc2)c2ccccc2)CC1. The van der Waals surface area contributed by atoms with Gasteiger partial charge in [0, 0.05) is 36.8 Å². The molecule has 0 bridgehead atoms. The molecule has 0 saturated carbocycles. The zero-order chi connectivity index (χ0) is 27.5. The Kier molecular flexibility index (Phi) is 7.45. The maximum absolute atomic E-state index is 13.9. The van der Waals surface area contributed by atoms with Crippen LogP contribution in [-0.2, 0) is 0 Å². The highest BCUT2D eigenvalue weighted by atomic mass is 35.5. The van der Waals surface area contributed by atoms with E-state index < -0.39 is 0 Å². The molecule has 1 amide bonds. The Labute approximate surface area is 238 Å². The van der Waals surface area contributed by atoms with E-state index in [-0.39, 0.29) is 17.8 Å². The van der Waals surface area contributed by atoms with Gasteiger partial charge in [-0.3, -0.25) is 9.69 Å². The molecule has 2 heterocycles. The van der Waals surface area contributed by atoms with Gasteiger partial charge in [-0.05, 0) is 65.7 Å². The minimum Gasteiger partial charge on any atom is -0.335 e. The molecule has 5 aromatic rings. The quantitative estimate of drug-likeness (QED) is 0.231. The average Bonchev–Trinajstić information content (AvgIpc) is 3.45. The molecule has 0 aliphatic carbocycles. The largest absolute Gasteiger partial charge is 0.335 e. The second kappa shape index (κ2) is 11.5. The van der Waals surface area contributed by atoms with Crippen LogP contribution < -0.4 is 0 Å². The number of carbonyl (C=O) groups excluding carboxylic acids is 1. The van der Waals surface area contributed by atoms with E-state index in [1.165, 1.54) is 23.3 Å². The van der Waals surface area contributed by atoms with Gasteiger partial charge in [-0.2, -0.15) is 5.10 Å². The lowest BCUT2D eigenvalue weighted by Crippen LogP contribution is -2.50. The van der Waals surface area contributed by atoms with E-state index in [9.17, 15) is 9.18 Å². The minimum atomic E-state index is -0.320. The molecule has 4 aromatic carbocycles. The zero-order valence-corrected chi connectivity index (χ0v) is 22.6. The van der Waals surface area contributed by atoms with E-state index in [0.29, 0.717) is 29.5 Å². The maximum atomic E-state index is 13.9. The fourth-order valence-electron chi connectivity index (χ4n) is 5.30. The lowest BCUT2D eigenvalue weighted by molar-refractivity contribution is 0.0588. The van der Waals surface area contributed by atoms with Gasteiger partial charge in [0.15, 0.2) is 0 Å². The molecule has 1 aliphatic heterocycles. The molecule has 0 unspecified atom stereocenters. The first-order chi connectivity index (χ1) is 19.6. The van der Waals surface area contributed by atoms with Crippen molar-refractivity contribution >= 4 is 17.5 Å². The second-order valence-electron chi connectivity index (χ2n) is 9.86. The van der Waals surface area contributed by atoms with Crippen molar-refractivity contribution in [2.45, 2.75) is 6.04 Å². The lowest BCUT2D eigenvalue weighted by atomic mass is 9.96. The number of nitrogens with zero attached hydrogens (tertiary/aromatic N) is 4. The summed E-state index contributed by atoms with van der Waals surface area (Å²) in [5.41, 5.74) is 4.99. The van der Waals surface area contributed by atoms with Crippen LogP contribution in [0.4, 0.5) is 4.39 Å². The third kappa shape index (κ3) is 5.41. The van der Waals surface area contributed by atoms with Crippen molar-refractivity contribution in [3.63, 3.8) is 0 Å². The van der Waals surface area contributed by atoms with Crippen molar-refractivity contribution in [1.82, 2.24) is 19.6 Å². The van der Waals surface area contributed by atoms with Gasteiger partial charge in [-0.15, -0.1) is 0 Å². The van der Waals surface area contributed by atoms with Crippen LogP contribution >= 0.6 is 11.6 Å². The number of halogens is 2. The molecule has 6 rings (SSSR count). The van der Waals surface area contributed by atoms with Crippen molar-refractivity contribution in [3.05, 3.63) is 143 Å². The van der Waals surface area contributed by atoms with Gasteiger partial charge in [0.1, 0.15) is 11.5 Å². The molecule has 200 valence electrons. The lowest BCUT2D eigenvalue weighted by Gasteiger charge is -2.39. The summed E-state index contributed by atoms with van der Waals surface area (Å²) in [4.78, 5) is 18.3. The van der Waals surface area contributed by atoms with E-state index in [4.69, 9.17) is 16.7 Å². The van der Waals surface area contributed by atoms with Crippen molar-refractivity contribution in [1.29, 1.82) is 0 Å². The molecule has 1 aromatic heterocycles. The number of rotatable bonds is 6. The summed E-state index contributed by atoms with van der Waals surface area (Å²) in [6, 6.07) is 36.3. The van der Waals surface area contributed by atoms with Crippen LogP contribution in [-0.4, -0.2) is 51.7 Å². The Balaban J connectivity index is 1.27. The highest BCUT2D eigenvalue weighted by Crippen LogP contribution is 2.30. The number of benzene rings is 4. The van der Waals surface area contributed by atoms with Crippen molar-refractivity contribution < 1.29 is 9.18 Å². The predicted molar refractivity (Wildman–Crippen MR) is 156 cm³/mol. The summed E-state index contributed by atoms with van der Waals surface area (Å²) in [6.45, 7) is 2.65. The molecule has 1 saturated heterocycles. The Morgan fingerprint density at radius 2 is 1.32 bits per heavy atom. The van der Waals surface area contributed by atoms with Gasteiger partial charge in [0.25, 0.3) is 5.91 Å². The fraction of sp³-hybridized carbons (Fsp3) is 0.152. The van der Waals surface area contributed by atoms with Crippen LogP contribution in [0, 0.1) is 5.82 Å². The molecule has 7 heteroatoms. The van der Waals surface area contributed by atoms with Crippen LogP contribution in [0.25, 0.3) is 16.9 Å². The first kappa shape index (κ1) is 26.0. The van der Waals surface area contributed by atoms with E-state index in [2.05, 4.69) is 53.4 Å². The monoisotopic (exact) mass is 550 g/mol. The van der Waals surface area contributed by atoms with E-state index in [0.717, 1.165) is 24.3 Å². The Morgan fingerprint density at radius 1 is 0.750 bits per heavy atom. The predicted octanol–water partition coefficient (Wildman–Crippen LogP) is 6.88. The number of hydrogen-bond acceptors (Lipinski definition) is 3. The van der Waals surface area contributed by atoms with Crippen LogP contribution in [0.3, 0.4) is 0 Å². The first-order valence-corrected chi connectivity index (χ1v) is 13.7. The Morgan fingerprint density at radius 3 is 1.90 bits per heavy atom. The minimum absolute atomic E-state index is 0.0913. The molecule has 0 atom stereocenters. The van der Waals surface area contributed by atoms with E-state index in [1.54, 1.807) is 35.0 Å². The number of hydrogen-bond donors (Lipinski definition) is 0. The maximum Gasteiger partial charge on any atom is 0.272 e. The summed E-state index contributed by atoms with van der Waals surface area (Å²) in [7, 11) is 0. The zero-order valence-electron chi connectivity index (χ0n) is 21.8. The number of aromatic nitrogens is 2. The Bertz CT molecular complexity index is 1540. The van der Waals surface area contributed by atoms with Gasteiger partial charge in [0.05, 0.1) is 17.4 Å². The molecule has 1 fully saturated rings. The van der Waals surface area contributed by atoms with E-state index >= 15 is 0 Å². The van der Waals surface area contributed by atoms with Gasteiger partial charge < -0.3 is 4.90 Å². The molecule has 40 heavy (non-hydrogen) atoms. The summed E-state index contributed by atoms with van der Waals surface area (Å²) < 4.78 is 15.2. The third-order valence-electron chi connectivity index (χ3n) is 7.34. The number of amides is 1. The molecular weight excluding hydrogens is 523 g/mol. The van der Waals surface area contributed by atoms with Gasteiger partial charge in [-0.25, -0.2) is 9.07 Å². The summed E-state index contributed by atoms with van der Waals surface area (Å²) >= 11 is 6.12. The molecule has 1 aliphatic rings. The molecule has 0 radical (unpaired) electrons. The summed E-state index contributed by atoms with van der Waals surface area (Å²) in [6.07, 6.45) is 0. The van der Waals surface area contributed by atoms with Crippen LogP contribution in [0.1, 0.15) is 27.7 Å². The molecule has 0 spiro atoms. The summed E-state index contributed by atoms with van der Waals surface area (Å²) in [5.74, 6) is -0.411. The smallest absolute Gasteiger partial charge is 0.272 e. The second-order valence-corrected chi connectivity index (χ2v) is 10.3. The third-order valence-corrected chi connectivity index (χ3v) is 7.59. The van der Waals surface area contributed by atoms with Crippen molar-refractivity contribution in [2.75, 3.05) is 26.2 Å². The normalized spacial score (nSPS) is 14.0. The number of piperazine rings is 1. The standard InChI is InChI=1S/C33H28ClFN4O/c34-27-13-17-29(18-14-27)39-31(23-30(36-39)24-11-15-28(35)16-12-24)33(40)38-21-19-37(20-22-38)32(25-7-3-1-4-8-25)26-9-5-2-6-10-26/h1-18,23,32H,19-22H2. The first-order valence-electron chi connectivity index (χ1n) is 13.3. The molecular formula is C33H28ClFN4O. The topological polar surface area (TPSA) is 41.4 Å². The fourth-order valence-corrected chi connectivity index (χ4v) is 5.43. The number of carbonyl (C=O) groups is 1. The molecule has 5 nitrogen and oxygen atoms in total. The van der Waals surface area contributed by atoms with Crippen molar-refractivity contribution in [3.8, 4) is 16.9 Å². The van der Waals surface area contributed by atoms with Gasteiger partial charge in [-0.1, -0.05) is 72.3 Å². The molecule has 0 N–H and O–H groups in total. The highest BCUT2D eigenvalue weighted by molar-refractivity contribution is 6.30. The van der Waals surface area contributed by atoms with Gasteiger partial charge >= 0.3 is 0 Å². The van der Waals surface area contributed by atoms with Crippen LogP contribution in [0.2, 0.25) is 5.02 Å².